The van der Waals surface area contributed by atoms with Gasteiger partial charge in [0, 0.05) is 46.7 Å². The number of aromatic amines is 2. The van der Waals surface area contributed by atoms with Crippen LogP contribution in [0.5, 0.6) is 0 Å². The molecule has 5 aromatic rings. The molecule has 3 aromatic heterocycles. The Morgan fingerprint density at radius 2 is 1.95 bits per heavy atom. The molecular weight excluding hydrogens is 499 g/mol. The number of pyridine rings is 1. The van der Waals surface area contributed by atoms with E-state index in [2.05, 4.69) is 50.3 Å². The summed E-state index contributed by atoms with van der Waals surface area (Å²) in [6.45, 7) is 7.64. The molecule has 0 unspecified atom stereocenters. The number of aryl methyl sites for hydroxylation is 1. The highest BCUT2D eigenvalue weighted by Gasteiger charge is 2.20. The number of halogens is 1. The maximum Gasteiger partial charge on any atom is 0.159 e. The van der Waals surface area contributed by atoms with E-state index < -0.39 is 0 Å². The molecule has 3 N–H and O–H groups in total. The van der Waals surface area contributed by atoms with Crippen molar-refractivity contribution in [2.24, 2.45) is 5.92 Å². The fourth-order valence-corrected chi connectivity index (χ4v) is 5.68. The van der Waals surface area contributed by atoms with Crippen LogP contribution in [0.3, 0.4) is 0 Å². The zero-order valence-corrected chi connectivity index (χ0v) is 22.7. The molecule has 1 aliphatic rings. The number of hydrogen-bond donors (Lipinski definition) is 3. The van der Waals surface area contributed by atoms with E-state index in [9.17, 15) is 4.39 Å². The third-order valence-corrected chi connectivity index (χ3v) is 7.74. The quantitative estimate of drug-likeness (QED) is 0.173. The average Bonchev–Trinajstić information content (AvgIpc) is 3.72. The molecule has 1 aliphatic carbocycles. The van der Waals surface area contributed by atoms with Crippen LogP contribution in [-0.4, -0.2) is 31.7 Å². The van der Waals surface area contributed by atoms with Gasteiger partial charge in [0.1, 0.15) is 11.5 Å². The number of hydrogen-bond acceptors (Lipinski definition) is 4. The molecule has 0 atom stereocenters. The summed E-state index contributed by atoms with van der Waals surface area (Å²) in [4.78, 5) is 12.8. The van der Waals surface area contributed by atoms with E-state index in [1.165, 1.54) is 37.3 Å². The fourth-order valence-electron chi connectivity index (χ4n) is 5.68. The van der Waals surface area contributed by atoms with Crippen LogP contribution in [0.1, 0.15) is 48.2 Å². The van der Waals surface area contributed by atoms with E-state index >= 15 is 0 Å². The minimum Gasteiger partial charge on any atom is -0.340 e. The largest absolute Gasteiger partial charge is 0.340 e. The number of fused-ring (bicyclic) bond motifs is 1. The van der Waals surface area contributed by atoms with Gasteiger partial charge < -0.3 is 10.3 Å². The van der Waals surface area contributed by atoms with Gasteiger partial charge in [-0.1, -0.05) is 55.8 Å². The third-order valence-electron chi connectivity index (χ3n) is 7.74. The van der Waals surface area contributed by atoms with Gasteiger partial charge in [0.15, 0.2) is 5.82 Å². The van der Waals surface area contributed by atoms with Crippen LogP contribution >= 0.6 is 0 Å². The van der Waals surface area contributed by atoms with Crippen LogP contribution in [0, 0.1) is 18.7 Å². The lowest BCUT2D eigenvalue weighted by molar-refractivity contribution is 0.489. The van der Waals surface area contributed by atoms with Gasteiger partial charge in [0.05, 0.1) is 11.2 Å². The Hall–Kier alpha value is -4.36. The highest BCUT2D eigenvalue weighted by molar-refractivity contribution is 5.95. The Balaban J connectivity index is 1.30. The number of imidazole rings is 1. The predicted molar refractivity (Wildman–Crippen MR) is 159 cm³/mol. The highest BCUT2D eigenvalue weighted by Crippen LogP contribution is 2.33. The molecule has 6 rings (SSSR count). The molecule has 1 fully saturated rings. The molecule has 0 amide bonds. The monoisotopic (exact) mass is 532 g/mol. The Bertz CT molecular complexity index is 1690. The van der Waals surface area contributed by atoms with E-state index in [1.807, 2.05) is 31.5 Å². The molecule has 0 spiro atoms. The number of H-pyrrole nitrogens is 2. The first-order valence-electron chi connectivity index (χ1n) is 13.9. The summed E-state index contributed by atoms with van der Waals surface area (Å²) in [5.41, 5.74) is 7.52. The van der Waals surface area contributed by atoms with Crippen molar-refractivity contribution in [2.45, 2.75) is 39.2 Å². The van der Waals surface area contributed by atoms with E-state index in [4.69, 9.17) is 4.98 Å². The lowest BCUT2D eigenvalue weighted by Crippen LogP contribution is -2.20. The summed E-state index contributed by atoms with van der Waals surface area (Å²) >= 11 is 0. The summed E-state index contributed by atoms with van der Waals surface area (Å²) < 4.78 is 14.7. The third kappa shape index (κ3) is 5.25. The second-order valence-corrected chi connectivity index (χ2v) is 10.6. The number of benzene rings is 2. The van der Waals surface area contributed by atoms with E-state index in [-0.39, 0.29) is 5.82 Å². The van der Waals surface area contributed by atoms with E-state index in [0.29, 0.717) is 28.3 Å². The number of rotatable bonds is 9. The number of nitrogens with one attached hydrogen (secondary N) is 3. The molecular formula is C33H33FN6. The first-order valence-corrected chi connectivity index (χ1v) is 13.9. The summed E-state index contributed by atoms with van der Waals surface area (Å²) in [5, 5.41) is 12.3. The van der Waals surface area contributed by atoms with Gasteiger partial charge in [-0.05, 0) is 67.6 Å². The van der Waals surface area contributed by atoms with Crippen LogP contribution in [0.15, 0.2) is 79.7 Å². The number of aromatic nitrogens is 5. The van der Waals surface area contributed by atoms with Gasteiger partial charge in [-0.25, -0.2) is 9.37 Å². The Morgan fingerprint density at radius 1 is 1.10 bits per heavy atom. The second-order valence-electron chi connectivity index (χ2n) is 10.6. The van der Waals surface area contributed by atoms with Crippen LogP contribution in [0.2, 0.25) is 0 Å². The number of nitrogens with zero attached hydrogens (tertiary/aromatic N) is 3. The molecule has 1 saturated carbocycles. The van der Waals surface area contributed by atoms with Crippen LogP contribution < -0.4 is 5.32 Å². The molecule has 0 radical (unpaired) electrons. The fraction of sp³-hybridized carbons (Fsp3) is 0.242. The summed E-state index contributed by atoms with van der Waals surface area (Å²) in [7, 11) is 0. The molecule has 3 heterocycles. The maximum atomic E-state index is 14.7. The van der Waals surface area contributed by atoms with Crippen molar-refractivity contribution in [2.75, 3.05) is 6.54 Å². The first kappa shape index (κ1) is 25.9. The van der Waals surface area contributed by atoms with Crippen molar-refractivity contribution >= 4 is 16.5 Å². The van der Waals surface area contributed by atoms with Crippen molar-refractivity contribution in [1.82, 2.24) is 30.5 Å². The molecule has 0 saturated heterocycles. The number of allylic oxidation sites excluding steroid dienone is 2. The van der Waals surface area contributed by atoms with Crippen molar-refractivity contribution in [1.29, 1.82) is 0 Å². The molecule has 202 valence electrons. The van der Waals surface area contributed by atoms with Gasteiger partial charge >= 0.3 is 0 Å². The van der Waals surface area contributed by atoms with Crippen molar-refractivity contribution in [3.05, 3.63) is 108 Å². The zero-order valence-electron chi connectivity index (χ0n) is 22.7. The van der Waals surface area contributed by atoms with Gasteiger partial charge in [-0.2, -0.15) is 5.10 Å². The average molecular weight is 533 g/mol. The molecule has 7 heteroatoms. The minimum atomic E-state index is -0.306. The van der Waals surface area contributed by atoms with Crippen molar-refractivity contribution in [3.8, 4) is 22.6 Å². The summed E-state index contributed by atoms with van der Waals surface area (Å²) in [6, 6.07) is 15.1. The zero-order chi connectivity index (χ0) is 27.5. The minimum absolute atomic E-state index is 0.306. The normalized spacial score (nSPS) is 14.3. The summed E-state index contributed by atoms with van der Waals surface area (Å²) in [6.07, 6.45) is 12.7. The molecule has 0 bridgehead atoms. The second kappa shape index (κ2) is 11.4. The Morgan fingerprint density at radius 3 is 2.77 bits per heavy atom. The Labute approximate surface area is 233 Å². The molecule has 2 aromatic carbocycles. The highest BCUT2D eigenvalue weighted by atomic mass is 19.1. The lowest BCUT2D eigenvalue weighted by atomic mass is 10.0. The van der Waals surface area contributed by atoms with Crippen LogP contribution in [-0.2, 0) is 6.54 Å². The van der Waals surface area contributed by atoms with Gasteiger partial charge in [-0.15, -0.1) is 0 Å². The SMILES string of the molecule is C=C/C=C(/c1ccccc1F)c1nc(-c2n[nH]c3ccc(-c4cncc(CNCC5CCCC5)c4)cc23)[nH]c1C. The predicted octanol–water partition coefficient (Wildman–Crippen LogP) is 7.36. The van der Waals surface area contributed by atoms with E-state index in [1.54, 1.807) is 24.3 Å². The first-order chi connectivity index (χ1) is 19.6. The summed E-state index contributed by atoms with van der Waals surface area (Å²) in [5.74, 6) is 1.11. The van der Waals surface area contributed by atoms with E-state index in [0.717, 1.165) is 46.7 Å². The van der Waals surface area contributed by atoms with Crippen molar-refractivity contribution in [3.63, 3.8) is 0 Å². The van der Waals surface area contributed by atoms with Gasteiger partial charge in [0.25, 0.3) is 0 Å². The smallest absolute Gasteiger partial charge is 0.159 e. The maximum absolute atomic E-state index is 14.7. The molecule has 0 aliphatic heterocycles. The molecule has 40 heavy (non-hydrogen) atoms. The topological polar surface area (TPSA) is 82.3 Å². The lowest BCUT2D eigenvalue weighted by Gasteiger charge is -2.11. The standard InChI is InChI=1S/C33H33FN6/c1-3-8-27(26-11-6-7-12-29(26)34)31-21(2)37-33(38-31)32-28-16-24(13-14-30(28)39-40-32)25-15-23(19-36-20-25)18-35-17-22-9-4-5-10-22/h3,6-8,11-16,19-20,22,35H,1,4-5,9-10,17-18H2,2H3,(H,37,38)(H,39,40)/b27-8-. The van der Waals surface area contributed by atoms with Crippen LogP contribution in [0.25, 0.3) is 39.1 Å². The molecule has 6 nitrogen and oxygen atoms in total. The van der Waals surface area contributed by atoms with Crippen LogP contribution in [0.4, 0.5) is 4.39 Å². The Kier molecular flexibility index (Phi) is 7.38. The van der Waals surface area contributed by atoms with Gasteiger partial charge in [-0.3, -0.25) is 10.1 Å². The van der Waals surface area contributed by atoms with Gasteiger partial charge in [0.2, 0.25) is 0 Å². The van der Waals surface area contributed by atoms with Crippen molar-refractivity contribution < 1.29 is 4.39 Å².